The van der Waals surface area contributed by atoms with Gasteiger partial charge in [-0.3, -0.25) is 9.74 Å². The smallest absolute Gasteiger partial charge is 0.306 e. The molecule has 5 rings (SSSR count). The van der Waals surface area contributed by atoms with Gasteiger partial charge in [0.05, 0.1) is 7.11 Å². The van der Waals surface area contributed by atoms with Crippen LogP contribution in [0.15, 0.2) is 102 Å². The van der Waals surface area contributed by atoms with Crippen LogP contribution in [0.1, 0.15) is 22.3 Å². The van der Waals surface area contributed by atoms with E-state index in [-0.39, 0.29) is 12.0 Å². The number of urea groups is 1. The first-order valence-corrected chi connectivity index (χ1v) is 14.4. The molecule has 0 aliphatic carbocycles. The molecule has 0 aliphatic rings. The fraction of sp³-hybridized carbons (Fsp3) is 0.147. The van der Waals surface area contributed by atoms with Crippen molar-refractivity contribution < 1.29 is 18.4 Å². The van der Waals surface area contributed by atoms with E-state index in [0.717, 1.165) is 38.3 Å². The van der Waals surface area contributed by atoms with Crippen LogP contribution in [-0.2, 0) is 24.3 Å². The van der Waals surface area contributed by atoms with Gasteiger partial charge in [0.2, 0.25) is 0 Å². The van der Waals surface area contributed by atoms with E-state index < -0.39 is 17.7 Å². The summed E-state index contributed by atoms with van der Waals surface area (Å²) in [5.74, 6) is -1.19. The van der Waals surface area contributed by atoms with Gasteiger partial charge in [-0.05, 0) is 58.9 Å². The largest absolute Gasteiger partial charge is 0.343 e. The van der Waals surface area contributed by atoms with Gasteiger partial charge in [-0.1, -0.05) is 72.8 Å². The lowest BCUT2D eigenvalue weighted by atomic mass is 9.90. The van der Waals surface area contributed by atoms with Crippen LogP contribution in [0.3, 0.4) is 0 Å². The molecule has 0 spiro atoms. The number of benzene rings is 4. The number of halogens is 2. The van der Waals surface area contributed by atoms with Crippen LogP contribution >= 0.6 is 11.3 Å². The molecule has 0 aliphatic heterocycles. The molecule has 0 radical (unpaired) electrons. The van der Waals surface area contributed by atoms with Gasteiger partial charge in [-0.15, -0.1) is 11.3 Å². The Morgan fingerprint density at radius 2 is 1.52 bits per heavy atom. The summed E-state index contributed by atoms with van der Waals surface area (Å²) in [5.41, 5.74) is 8.46. The molecule has 214 valence electrons. The van der Waals surface area contributed by atoms with E-state index in [2.05, 4.69) is 33.9 Å². The topological polar surface area (TPSA) is 53.6 Å². The van der Waals surface area contributed by atoms with Crippen molar-refractivity contribution in [2.75, 3.05) is 19.5 Å². The summed E-state index contributed by atoms with van der Waals surface area (Å²) < 4.78 is 29.8. The molecule has 1 aromatic heterocycles. The highest BCUT2D eigenvalue weighted by atomic mass is 32.1. The third-order valence-corrected chi connectivity index (χ3v) is 7.90. The number of amides is 2. The predicted octanol–water partition coefficient (Wildman–Crippen LogP) is 8.27. The van der Waals surface area contributed by atoms with Crippen molar-refractivity contribution in [1.29, 1.82) is 0 Å². The maximum absolute atomic E-state index is 14.9. The van der Waals surface area contributed by atoms with E-state index in [1.54, 1.807) is 17.4 Å². The summed E-state index contributed by atoms with van der Waals surface area (Å²) in [6.07, 6.45) is 0.0416. The zero-order valence-electron chi connectivity index (χ0n) is 23.4. The van der Waals surface area contributed by atoms with Crippen LogP contribution in [0.4, 0.5) is 19.3 Å². The van der Waals surface area contributed by atoms with Crippen LogP contribution in [-0.4, -0.2) is 25.1 Å². The minimum Gasteiger partial charge on any atom is -0.306 e. The second-order valence-corrected chi connectivity index (χ2v) is 10.9. The molecule has 2 N–H and O–H groups in total. The number of anilines is 1. The van der Waals surface area contributed by atoms with Crippen LogP contribution in [0, 0.1) is 11.6 Å². The van der Waals surface area contributed by atoms with Crippen LogP contribution < -0.4 is 10.8 Å². The van der Waals surface area contributed by atoms with E-state index in [4.69, 9.17) is 4.84 Å². The van der Waals surface area contributed by atoms with Gasteiger partial charge < -0.3 is 5.32 Å². The average Bonchev–Trinajstić information content (AvgIpc) is 3.47. The molecule has 0 saturated carbocycles. The number of hydroxylamine groups is 1. The quantitative estimate of drug-likeness (QED) is 0.163. The summed E-state index contributed by atoms with van der Waals surface area (Å²) in [5, 5.41) is 4.93. The zero-order chi connectivity index (χ0) is 29.5. The zero-order valence-corrected chi connectivity index (χ0v) is 24.2. The molecule has 5 nitrogen and oxygen atoms in total. The molecule has 0 bridgehead atoms. The molecule has 5 aromatic rings. The van der Waals surface area contributed by atoms with E-state index in [0.29, 0.717) is 18.8 Å². The lowest BCUT2D eigenvalue weighted by Gasteiger charge is -2.24. The van der Waals surface area contributed by atoms with Gasteiger partial charge in [0.1, 0.15) is 11.6 Å². The molecular formula is C34H31F2N3O2S. The maximum Gasteiger partial charge on any atom is 0.343 e. The number of rotatable bonds is 10. The van der Waals surface area contributed by atoms with Crippen molar-refractivity contribution in [3.63, 3.8) is 0 Å². The molecule has 0 atom stereocenters. The molecule has 4 aromatic carbocycles. The molecule has 0 unspecified atom stereocenters. The van der Waals surface area contributed by atoms with Crippen molar-refractivity contribution in [2.45, 2.75) is 19.5 Å². The van der Waals surface area contributed by atoms with Crippen molar-refractivity contribution >= 4 is 23.1 Å². The first-order chi connectivity index (χ1) is 20.4. The van der Waals surface area contributed by atoms with Gasteiger partial charge in [0, 0.05) is 46.8 Å². The van der Waals surface area contributed by atoms with E-state index in [1.165, 1.54) is 25.3 Å². The third-order valence-electron chi connectivity index (χ3n) is 6.97. The Labute approximate surface area is 248 Å². The van der Waals surface area contributed by atoms with Gasteiger partial charge in [0.25, 0.3) is 0 Å². The Bertz CT molecular complexity index is 1640. The molecule has 8 heteroatoms. The highest BCUT2D eigenvalue weighted by molar-refractivity contribution is 7.14. The highest BCUT2D eigenvalue weighted by Gasteiger charge is 2.23. The number of carbonyl (C=O) groups is 1. The average molecular weight is 584 g/mol. The Balaban J connectivity index is 1.69. The van der Waals surface area contributed by atoms with Crippen LogP contribution in [0.5, 0.6) is 0 Å². The molecule has 0 fully saturated rings. The standard InChI is InChI=1S/C34H31F2N3O2S/c1-39(21-23-10-5-3-6-11-23)22-28-31(37-34(40)38-41-2)17-16-25(20-27-29(35)14-9-15-30(27)36)32(28)33-26(18-19-42-33)24-12-7-4-8-13-24/h3-19H,20-22H2,1-2H3,(H2,37,38,40). The number of hydrogen-bond acceptors (Lipinski definition) is 4. The highest BCUT2D eigenvalue weighted by Crippen LogP contribution is 2.43. The maximum atomic E-state index is 14.9. The summed E-state index contributed by atoms with van der Waals surface area (Å²) in [4.78, 5) is 20.6. The van der Waals surface area contributed by atoms with Gasteiger partial charge >= 0.3 is 6.03 Å². The number of thiophene rings is 1. The fourth-order valence-electron chi connectivity index (χ4n) is 5.11. The van der Waals surface area contributed by atoms with E-state index in [9.17, 15) is 13.6 Å². The number of carbonyl (C=O) groups excluding carboxylic acids is 1. The van der Waals surface area contributed by atoms with Gasteiger partial charge in [-0.25, -0.2) is 19.1 Å². The summed E-state index contributed by atoms with van der Waals surface area (Å²) in [6, 6.07) is 29.2. The van der Waals surface area contributed by atoms with Crippen LogP contribution in [0.2, 0.25) is 0 Å². The second-order valence-electron chi connectivity index (χ2n) is 9.95. The van der Waals surface area contributed by atoms with Crippen molar-refractivity contribution in [3.05, 3.63) is 136 Å². The Kier molecular flexibility index (Phi) is 9.38. The lowest BCUT2D eigenvalue weighted by Crippen LogP contribution is -2.29. The third kappa shape index (κ3) is 6.74. The lowest BCUT2D eigenvalue weighted by molar-refractivity contribution is 0.114. The normalized spacial score (nSPS) is 11.1. The van der Waals surface area contributed by atoms with Crippen LogP contribution in [0.25, 0.3) is 21.6 Å². The molecular weight excluding hydrogens is 552 g/mol. The van der Waals surface area contributed by atoms with Crippen molar-refractivity contribution in [3.8, 4) is 21.6 Å². The summed E-state index contributed by atoms with van der Waals surface area (Å²) >= 11 is 1.55. The van der Waals surface area contributed by atoms with Gasteiger partial charge in [0.15, 0.2) is 0 Å². The van der Waals surface area contributed by atoms with E-state index >= 15 is 0 Å². The number of nitrogens with zero attached hydrogens (tertiary/aromatic N) is 1. The predicted molar refractivity (Wildman–Crippen MR) is 165 cm³/mol. The fourth-order valence-corrected chi connectivity index (χ4v) is 6.13. The summed E-state index contributed by atoms with van der Waals surface area (Å²) in [7, 11) is 3.37. The number of nitrogens with one attached hydrogen (secondary N) is 2. The molecule has 2 amide bonds. The van der Waals surface area contributed by atoms with Crippen molar-refractivity contribution in [1.82, 2.24) is 10.4 Å². The Morgan fingerprint density at radius 3 is 2.21 bits per heavy atom. The van der Waals surface area contributed by atoms with Gasteiger partial charge in [-0.2, -0.15) is 0 Å². The molecule has 1 heterocycles. The SMILES string of the molecule is CONC(=O)Nc1ccc(Cc2c(F)cccc2F)c(-c2sccc2-c2ccccc2)c1CN(C)Cc1ccccc1. The molecule has 42 heavy (non-hydrogen) atoms. The minimum absolute atomic E-state index is 0.00186. The van der Waals surface area contributed by atoms with E-state index in [1.807, 2.05) is 67.0 Å². The minimum atomic E-state index is -0.597. The Morgan fingerprint density at radius 1 is 0.833 bits per heavy atom. The summed E-state index contributed by atoms with van der Waals surface area (Å²) in [6.45, 7) is 1.11. The van der Waals surface area contributed by atoms with Crippen molar-refractivity contribution in [2.24, 2.45) is 0 Å². The Hall–Kier alpha value is -4.37. The monoisotopic (exact) mass is 583 g/mol. The first kappa shape index (κ1) is 29.1. The molecule has 0 saturated heterocycles. The number of hydrogen-bond donors (Lipinski definition) is 2. The first-order valence-electron chi connectivity index (χ1n) is 13.5. The second kappa shape index (κ2) is 13.5.